The maximum absolute atomic E-state index is 6.60. The summed E-state index contributed by atoms with van der Waals surface area (Å²) in [7, 11) is 0. The van der Waals surface area contributed by atoms with Crippen LogP contribution in [0.15, 0.2) is 199 Å². The molecule has 11 rings (SSSR count). The predicted octanol–water partition coefficient (Wildman–Crippen LogP) is 14.3. The molecule has 0 spiro atoms. The van der Waals surface area contributed by atoms with E-state index in [4.69, 9.17) is 19.4 Å². The molecule has 0 aliphatic carbocycles. The van der Waals surface area contributed by atoms with Crippen LogP contribution < -0.4 is 4.90 Å². The lowest BCUT2D eigenvalue weighted by Crippen LogP contribution is -2.09. The number of hydrogen-bond donors (Lipinski definition) is 0. The van der Waals surface area contributed by atoms with E-state index in [1.165, 1.54) is 14.8 Å². The molecular formula is C51H32N4OS. The van der Waals surface area contributed by atoms with Crippen LogP contribution in [0.4, 0.5) is 17.1 Å². The quantitative estimate of drug-likeness (QED) is 0.162. The molecule has 0 aliphatic heterocycles. The van der Waals surface area contributed by atoms with Gasteiger partial charge in [0.15, 0.2) is 17.5 Å². The molecule has 0 amide bonds. The van der Waals surface area contributed by atoms with Crippen LogP contribution in [0.5, 0.6) is 0 Å². The van der Waals surface area contributed by atoms with Gasteiger partial charge in [-0.15, -0.1) is 11.3 Å². The number of para-hydroxylation sites is 2. The molecule has 3 heterocycles. The molecule has 0 saturated heterocycles. The third kappa shape index (κ3) is 5.82. The van der Waals surface area contributed by atoms with Gasteiger partial charge in [0.1, 0.15) is 11.2 Å². The van der Waals surface area contributed by atoms with E-state index in [0.717, 1.165) is 72.2 Å². The molecule has 5 nitrogen and oxygen atoms in total. The first kappa shape index (κ1) is 33.0. The van der Waals surface area contributed by atoms with Crippen LogP contribution in [0, 0.1) is 0 Å². The van der Waals surface area contributed by atoms with E-state index in [1.807, 2.05) is 54.6 Å². The predicted molar refractivity (Wildman–Crippen MR) is 236 cm³/mol. The maximum Gasteiger partial charge on any atom is 0.164 e. The van der Waals surface area contributed by atoms with Crippen molar-refractivity contribution in [1.29, 1.82) is 0 Å². The van der Waals surface area contributed by atoms with Gasteiger partial charge in [-0.25, -0.2) is 15.0 Å². The zero-order valence-corrected chi connectivity index (χ0v) is 31.4. The second kappa shape index (κ2) is 13.7. The molecule has 57 heavy (non-hydrogen) atoms. The van der Waals surface area contributed by atoms with Crippen molar-refractivity contribution in [2.75, 3.05) is 4.90 Å². The maximum atomic E-state index is 6.60. The summed E-state index contributed by atoms with van der Waals surface area (Å²) in [5.74, 6) is 1.87. The molecule has 0 unspecified atom stereocenters. The monoisotopic (exact) mass is 748 g/mol. The first-order valence-electron chi connectivity index (χ1n) is 18.9. The molecule has 0 radical (unpaired) electrons. The Balaban J connectivity index is 1.02. The third-order valence-corrected chi connectivity index (χ3v) is 11.7. The lowest BCUT2D eigenvalue weighted by Gasteiger charge is -2.25. The number of fused-ring (bicyclic) bond motifs is 6. The van der Waals surface area contributed by atoms with Crippen molar-refractivity contribution in [1.82, 2.24) is 15.0 Å². The van der Waals surface area contributed by atoms with Crippen LogP contribution in [0.25, 0.3) is 87.4 Å². The van der Waals surface area contributed by atoms with Crippen molar-refractivity contribution in [3.63, 3.8) is 0 Å². The number of hydrogen-bond acceptors (Lipinski definition) is 6. The topological polar surface area (TPSA) is 55.1 Å². The van der Waals surface area contributed by atoms with E-state index in [1.54, 1.807) is 11.3 Å². The Hall–Kier alpha value is -7.41. The summed E-state index contributed by atoms with van der Waals surface area (Å²) in [6.07, 6.45) is 0. The van der Waals surface area contributed by atoms with Gasteiger partial charge in [0, 0.05) is 64.7 Å². The number of benzene rings is 8. The second-order valence-corrected chi connectivity index (χ2v) is 15.1. The van der Waals surface area contributed by atoms with Gasteiger partial charge in [-0.05, 0) is 77.9 Å². The minimum Gasteiger partial charge on any atom is -0.456 e. The average molecular weight is 749 g/mol. The molecule has 0 fully saturated rings. The first-order chi connectivity index (χ1) is 28.2. The van der Waals surface area contributed by atoms with E-state index in [2.05, 4.69) is 144 Å². The molecule has 11 aromatic rings. The van der Waals surface area contributed by atoms with Crippen LogP contribution in [0.3, 0.4) is 0 Å². The van der Waals surface area contributed by atoms with Gasteiger partial charge in [0.05, 0.1) is 0 Å². The molecule has 6 heteroatoms. The highest BCUT2D eigenvalue weighted by molar-refractivity contribution is 7.25. The second-order valence-electron chi connectivity index (χ2n) is 14.0. The van der Waals surface area contributed by atoms with Crippen LogP contribution >= 0.6 is 11.3 Å². The molecule has 0 saturated carbocycles. The van der Waals surface area contributed by atoms with Crippen LogP contribution in [-0.4, -0.2) is 15.0 Å². The smallest absolute Gasteiger partial charge is 0.164 e. The number of furan rings is 1. The summed E-state index contributed by atoms with van der Waals surface area (Å²) in [4.78, 5) is 17.8. The molecule has 3 aromatic heterocycles. The number of anilines is 3. The summed E-state index contributed by atoms with van der Waals surface area (Å²) in [6.45, 7) is 0. The van der Waals surface area contributed by atoms with Crippen LogP contribution in [-0.2, 0) is 0 Å². The Bertz CT molecular complexity index is 3190. The van der Waals surface area contributed by atoms with Gasteiger partial charge in [0.2, 0.25) is 0 Å². The fourth-order valence-electron chi connectivity index (χ4n) is 7.89. The molecule has 0 atom stereocenters. The number of nitrogens with zero attached hydrogens (tertiary/aromatic N) is 4. The van der Waals surface area contributed by atoms with Gasteiger partial charge < -0.3 is 9.32 Å². The lowest BCUT2D eigenvalue weighted by atomic mass is 10.0. The minimum atomic E-state index is 0.602. The van der Waals surface area contributed by atoms with E-state index in [9.17, 15) is 0 Å². The van der Waals surface area contributed by atoms with Crippen LogP contribution in [0.1, 0.15) is 0 Å². The standard InChI is InChI=1S/C51H32N4OS/c1-4-14-34(15-5-1)49-52-50(54-51(53-49)42-22-13-25-46-48(42)40-20-10-11-24-45(40)57-46)41-21-12-23-43-47(41)39-31-28-35(32-44(39)56-43)33-26-29-38(30-27-33)55(36-16-6-2-7-17-36)37-18-8-3-9-19-37/h1-32H. The molecule has 0 aliphatic rings. The van der Waals surface area contributed by atoms with E-state index in [-0.39, 0.29) is 0 Å². The normalized spacial score (nSPS) is 11.5. The molecule has 8 aromatic carbocycles. The summed E-state index contributed by atoms with van der Waals surface area (Å²) >= 11 is 1.79. The SMILES string of the molecule is c1ccc(-c2nc(-c3cccc4oc5cc(-c6ccc(N(c7ccccc7)c7ccccc7)cc6)ccc5c34)nc(-c3cccc4sc5ccccc5c34)n2)cc1. The zero-order chi connectivity index (χ0) is 37.7. The molecule has 0 bridgehead atoms. The summed E-state index contributed by atoms with van der Waals surface area (Å²) in [5.41, 5.74) is 9.88. The van der Waals surface area contributed by atoms with Gasteiger partial charge in [0.25, 0.3) is 0 Å². The Morgan fingerprint density at radius 1 is 0.368 bits per heavy atom. The van der Waals surface area contributed by atoms with Crippen molar-refractivity contribution < 1.29 is 4.42 Å². The van der Waals surface area contributed by atoms with E-state index >= 15 is 0 Å². The Kier molecular flexibility index (Phi) is 7.93. The highest BCUT2D eigenvalue weighted by Gasteiger charge is 2.20. The van der Waals surface area contributed by atoms with Crippen molar-refractivity contribution >= 4 is 70.5 Å². The molecule has 268 valence electrons. The van der Waals surface area contributed by atoms with Gasteiger partial charge in [-0.2, -0.15) is 0 Å². The fourth-order valence-corrected chi connectivity index (χ4v) is 9.02. The highest BCUT2D eigenvalue weighted by atomic mass is 32.1. The van der Waals surface area contributed by atoms with E-state index in [0.29, 0.717) is 17.5 Å². The first-order valence-corrected chi connectivity index (χ1v) is 19.8. The third-order valence-electron chi connectivity index (χ3n) is 10.5. The molecule has 0 N–H and O–H groups in total. The minimum absolute atomic E-state index is 0.602. The lowest BCUT2D eigenvalue weighted by molar-refractivity contribution is 0.669. The average Bonchev–Trinajstić information content (AvgIpc) is 3.86. The fraction of sp³-hybridized carbons (Fsp3) is 0. The Morgan fingerprint density at radius 3 is 1.65 bits per heavy atom. The zero-order valence-electron chi connectivity index (χ0n) is 30.6. The summed E-state index contributed by atoms with van der Waals surface area (Å²) in [6, 6.07) is 67.3. The number of aromatic nitrogens is 3. The highest BCUT2D eigenvalue weighted by Crippen LogP contribution is 2.42. The Morgan fingerprint density at radius 2 is 0.930 bits per heavy atom. The van der Waals surface area contributed by atoms with E-state index < -0.39 is 0 Å². The van der Waals surface area contributed by atoms with Crippen molar-refractivity contribution in [2.45, 2.75) is 0 Å². The largest absolute Gasteiger partial charge is 0.456 e. The van der Waals surface area contributed by atoms with Gasteiger partial charge in [-0.1, -0.05) is 127 Å². The Labute approximate surface area is 332 Å². The summed E-state index contributed by atoms with van der Waals surface area (Å²) < 4.78 is 9.04. The van der Waals surface area contributed by atoms with Crippen molar-refractivity contribution in [3.8, 4) is 45.3 Å². The van der Waals surface area contributed by atoms with Crippen molar-refractivity contribution in [2.24, 2.45) is 0 Å². The number of thiophene rings is 1. The van der Waals surface area contributed by atoms with Crippen LogP contribution in [0.2, 0.25) is 0 Å². The van der Waals surface area contributed by atoms with Crippen molar-refractivity contribution in [3.05, 3.63) is 194 Å². The van der Waals surface area contributed by atoms with Gasteiger partial charge >= 0.3 is 0 Å². The van der Waals surface area contributed by atoms with Gasteiger partial charge in [-0.3, -0.25) is 0 Å². The molecular weight excluding hydrogens is 717 g/mol. The number of rotatable bonds is 7. The summed E-state index contributed by atoms with van der Waals surface area (Å²) in [5, 5.41) is 4.35.